The standard InChI is InChI=1S/C12H9Cl2NO2/c1-7-2-3-10-9(4-7)11(16)12(17)15(10)6-8(14)5-13/h2-5H,6H2,1H3. The van der Waals surface area contributed by atoms with Crippen molar-refractivity contribution in [2.75, 3.05) is 11.4 Å². The minimum atomic E-state index is -0.567. The number of fused-ring (bicyclic) bond motifs is 1. The van der Waals surface area contributed by atoms with Crippen molar-refractivity contribution in [2.24, 2.45) is 0 Å². The second-order valence-electron chi connectivity index (χ2n) is 3.80. The van der Waals surface area contributed by atoms with Gasteiger partial charge in [0.1, 0.15) is 0 Å². The summed E-state index contributed by atoms with van der Waals surface area (Å²) < 4.78 is 0. The van der Waals surface area contributed by atoms with Gasteiger partial charge >= 0.3 is 0 Å². The Labute approximate surface area is 109 Å². The third-order valence-corrected chi connectivity index (χ3v) is 3.16. The first-order chi connectivity index (χ1) is 8.04. The lowest BCUT2D eigenvalue weighted by Gasteiger charge is -2.15. The number of benzene rings is 1. The van der Waals surface area contributed by atoms with Gasteiger partial charge in [-0.15, -0.1) is 0 Å². The number of halogens is 2. The molecule has 5 heteroatoms. The Bertz CT molecular complexity index is 537. The molecule has 0 unspecified atom stereocenters. The zero-order valence-electron chi connectivity index (χ0n) is 9.04. The predicted octanol–water partition coefficient (Wildman–Crippen LogP) is 2.84. The molecule has 88 valence electrons. The maximum absolute atomic E-state index is 11.8. The van der Waals surface area contributed by atoms with Crippen LogP contribution in [0.1, 0.15) is 15.9 Å². The van der Waals surface area contributed by atoms with Crippen molar-refractivity contribution >= 4 is 40.6 Å². The largest absolute Gasteiger partial charge is 0.299 e. The summed E-state index contributed by atoms with van der Waals surface area (Å²) in [6.45, 7) is 1.98. The zero-order chi connectivity index (χ0) is 12.6. The van der Waals surface area contributed by atoms with Crippen molar-refractivity contribution in [1.82, 2.24) is 0 Å². The van der Waals surface area contributed by atoms with Crippen LogP contribution >= 0.6 is 23.2 Å². The number of anilines is 1. The lowest BCUT2D eigenvalue weighted by Crippen LogP contribution is -2.30. The molecule has 1 amide bonds. The third kappa shape index (κ3) is 2.08. The summed E-state index contributed by atoms with van der Waals surface area (Å²) in [6, 6.07) is 5.29. The van der Waals surface area contributed by atoms with Gasteiger partial charge in [-0.1, -0.05) is 34.8 Å². The molecule has 0 bridgehead atoms. The van der Waals surface area contributed by atoms with Crippen molar-refractivity contribution in [3.8, 4) is 0 Å². The van der Waals surface area contributed by atoms with Crippen LogP contribution in [0, 0.1) is 6.92 Å². The molecule has 1 aliphatic rings. The van der Waals surface area contributed by atoms with E-state index in [0.717, 1.165) is 5.56 Å². The second-order valence-corrected chi connectivity index (χ2v) is 4.50. The van der Waals surface area contributed by atoms with Gasteiger partial charge in [0.25, 0.3) is 11.7 Å². The number of hydrogen-bond acceptors (Lipinski definition) is 2. The molecule has 0 saturated carbocycles. The van der Waals surface area contributed by atoms with E-state index in [9.17, 15) is 9.59 Å². The Hall–Kier alpha value is -1.32. The van der Waals surface area contributed by atoms with E-state index in [0.29, 0.717) is 16.3 Å². The molecule has 0 aliphatic carbocycles. The predicted molar refractivity (Wildman–Crippen MR) is 67.7 cm³/mol. The summed E-state index contributed by atoms with van der Waals surface area (Å²) >= 11 is 11.2. The van der Waals surface area contributed by atoms with E-state index in [1.54, 1.807) is 12.1 Å². The van der Waals surface area contributed by atoms with E-state index < -0.39 is 11.7 Å². The van der Waals surface area contributed by atoms with Gasteiger partial charge in [-0.2, -0.15) is 0 Å². The fourth-order valence-corrected chi connectivity index (χ4v) is 1.95. The van der Waals surface area contributed by atoms with Gasteiger partial charge in [-0.25, -0.2) is 0 Å². The molecule has 0 aromatic heterocycles. The fourth-order valence-electron chi connectivity index (χ4n) is 1.76. The summed E-state index contributed by atoms with van der Waals surface area (Å²) in [4.78, 5) is 24.8. The molecule has 0 N–H and O–H groups in total. The minimum absolute atomic E-state index is 0.117. The Balaban J connectivity index is 2.45. The average molecular weight is 270 g/mol. The summed E-state index contributed by atoms with van der Waals surface area (Å²) in [6.07, 6.45) is 0. The van der Waals surface area contributed by atoms with E-state index in [1.807, 2.05) is 13.0 Å². The zero-order valence-corrected chi connectivity index (χ0v) is 10.5. The highest BCUT2D eigenvalue weighted by Crippen LogP contribution is 2.30. The van der Waals surface area contributed by atoms with Crippen LogP contribution in [0.25, 0.3) is 0 Å². The topological polar surface area (TPSA) is 37.4 Å². The average Bonchev–Trinajstić information content (AvgIpc) is 2.54. The Kier molecular flexibility index (Phi) is 3.22. The van der Waals surface area contributed by atoms with E-state index in [-0.39, 0.29) is 6.54 Å². The molecule has 3 nitrogen and oxygen atoms in total. The van der Waals surface area contributed by atoms with Gasteiger partial charge in [0.2, 0.25) is 0 Å². The molecule has 0 saturated heterocycles. The molecule has 0 radical (unpaired) electrons. The number of Topliss-reactive ketones (excluding diaryl/α,β-unsaturated/α-hetero) is 1. The monoisotopic (exact) mass is 269 g/mol. The van der Waals surface area contributed by atoms with Crippen LogP contribution in [0.2, 0.25) is 0 Å². The van der Waals surface area contributed by atoms with Crippen LogP contribution in [0.3, 0.4) is 0 Å². The first kappa shape index (κ1) is 12.1. The SMILES string of the molecule is Cc1ccc2c(c1)C(=O)C(=O)N2CC(Cl)=CCl. The normalized spacial score (nSPS) is 15.5. The van der Waals surface area contributed by atoms with E-state index in [4.69, 9.17) is 23.2 Å². The molecule has 1 heterocycles. The Morgan fingerprint density at radius 3 is 2.76 bits per heavy atom. The smallest absolute Gasteiger partial charge is 0.299 e. The van der Waals surface area contributed by atoms with Crippen molar-refractivity contribution in [3.63, 3.8) is 0 Å². The number of nitrogens with zero attached hydrogens (tertiary/aromatic N) is 1. The van der Waals surface area contributed by atoms with Gasteiger partial charge in [-0.05, 0) is 19.1 Å². The van der Waals surface area contributed by atoms with Gasteiger partial charge < -0.3 is 0 Å². The maximum atomic E-state index is 11.8. The van der Waals surface area contributed by atoms with Crippen molar-refractivity contribution in [3.05, 3.63) is 39.9 Å². The molecular formula is C12H9Cl2NO2. The molecule has 2 rings (SSSR count). The number of ketones is 1. The van der Waals surface area contributed by atoms with Crippen LogP contribution in [-0.2, 0) is 4.79 Å². The lowest BCUT2D eigenvalue weighted by molar-refractivity contribution is -0.114. The highest BCUT2D eigenvalue weighted by molar-refractivity contribution is 6.52. The summed E-state index contributed by atoms with van der Waals surface area (Å²) in [5.74, 6) is -1.06. The van der Waals surface area contributed by atoms with Crippen molar-refractivity contribution in [2.45, 2.75) is 6.92 Å². The van der Waals surface area contributed by atoms with Gasteiger partial charge in [0.15, 0.2) is 0 Å². The first-order valence-electron chi connectivity index (χ1n) is 4.96. The maximum Gasteiger partial charge on any atom is 0.299 e. The van der Waals surface area contributed by atoms with E-state index >= 15 is 0 Å². The van der Waals surface area contributed by atoms with Crippen molar-refractivity contribution < 1.29 is 9.59 Å². The molecule has 0 spiro atoms. The second kappa shape index (κ2) is 4.51. The highest BCUT2D eigenvalue weighted by atomic mass is 35.5. The van der Waals surface area contributed by atoms with Gasteiger partial charge in [0, 0.05) is 10.6 Å². The fraction of sp³-hybridized carbons (Fsp3) is 0.167. The number of amides is 1. The van der Waals surface area contributed by atoms with Gasteiger partial charge in [-0.3, -0.25) is 14.5 Å². The lowest BCUT2D eigenvalue weighted by atomic mass is 10.1. The summed E-state index contributed by atoms with van der Waals surface area (Å²) in [5, 5.41) is 0.307. The summed E-state index contributed by atoms with van der Waals surface area (Å²) in [5.41, 5.74) is 3.13. The number of aryl methyl sites for hydroxylation is 1. The van der Waals surface area contributed by atoms with Crippen LogP contribution < -0.4 is 4.90 Å². The van der Waals surface area contributed by atoms with Crippen LogP contribution in [0.5, 0.6) is 0 Å². The highest BCUT2D eigenvalue weighted by Gasteiger charge is 2.35. The molecular weight excluding hydrogens is 261 g/mol. The Morgan fingerprint density at radius 1 is 1.41 bits per heavy atom. The number of hydrogen-bond donors (Lipinski definition) is 0. The Morgan fingerprint density at radius 2 is 2.12 bits per heavy atom. The third-order valence-electron chi connectivity index (χ3n) is 2.55. The molecule has 1 aromatic rings. The van der Waals surface area contributed by atoms with Crippen LogP contribution in [0.15, 0.2) is 28.8 Å². The molecule has 1 aromatic carbocycles. The van der Waals surface area contributed by atoms with E-state index in [2.05, 4.69) is 0 Å². The van der Waals surface area contributed by atoms with E-state index in [1.165, 1.54) is 10.4 Å². The summed E-state index contributed by atoms with van der Waals surface area (Å²) in [7, 11) is 0. The number of carbonyl (C=O) groups excluding carboxylic acids is 2. The van der Waals surface area contributed by atoms with Crippen LogP contribution in [0.4, 0.5) is 5.69 Å². The van der Waals surface area contributed by atoms with Crippen molar-refractivity contribution in [1.29, 1.82) is 0 Å². The molecule has 0 atom stereocenters. The quantitative estimate of drug-likeness (QED) is 0.775. The van der Waals surface area contributed by atoms with Gasteiger partial charge in [0.05, 0.1) is 17.8 Å². The van der Waals surface area contributed by atoms with Crippen LogP contribution in [-0.4, -0.2) is 18.2 Å². The molecule has 0 fully saturated rings. The molecule has 1 aliphatic heterocycles. The minimum Gasteiger partial charge on any atom is -0.299 e. The molecule has 17 heavy (non-hydrogen) atoms. The number of carbonyl (C=O) groups is 2. The number of rotatable bonds is 2. The first-order valence-corrected chi connectivity index (χ1v) is 5.77.